The molecule has 1 aliphatic heterocycles. The second-order valence-corrected chi connectivity index (χ2v) is 6.43. The summed E-state index contributed by atoms with van der Waals surface area (Å²) in [6, 6.07) is 8.12. The van der Waals surface area contributed by atoms with Crippen LogP contribution in [0.4, 0.5) is 11.9 Å². The summed E-state index contributed by atoms with van der Waals surface area (Å²) >= 11 is 0. The van der Waals surface area contributed by atoms with E-state index in [0.29, 0.717) is 11.9 Å². The molecule has 8 heteroatoms. The predicted octanol–water partition coefficient (Wildman–Crippen LogP) is 2.09. The van der Waals surface area contributed by atoms with Crippen molar-refractivity contribution in [2.45, 2.75) is 19.3 Å². The molecular weight excluding hydrogens is 330 g/mol. The van der Waals surface area contributed by atoms with E-state index < -0.39 is 5.69 Å². The standard InChI is InChI=1S/C18H21N7O/c1-24-12-13(14-7-3-4-8-15(14)24)11-19-23-16-20-17(22-18(26)21-16)25-9-5-2-6-10-25/h3-4,7-8,11-12H,2,5-6,9-10H2,1H3,(H2,20,21,22,23,26)/b19-11+. The average Bonchev–Trinajstić information content (AvgIpc) is 2.98. The highest BCUT2D eigenvalue weighted by Gasteiger charge is 2.15. The number of piperidine rings is 1. The number of rotatable bonds is 4. The summed E-state index contributed by atoms with van der Waals surface area (Å²) in [6.07, 6.45) is 7.14. The van der Waals surface area contributed by atoms with Gasteiger partial charge in [-0.3, -0.25) is 4.98 Å². The number of para-hydroxylation sites is 1. The second-order valence-electron chi connectivity index (χ2n) is 6.43. The predicted molar refractivity (Wildman–Crippen MR) is 103 cm³/mol. The molecule has 0 saturated carbocycles. The first-order valence-electron chi connectivity index (χ1n) is 8.77. The fourth-order valence-corrected chi connectivity index (χ4v) is 3.30. The number of aromatic amines is 1. The Kier molecular flexibility index (Phi) is 4.39. The van der Waals surface area contributed by atoms with E-state index in [-0.39, 0.29) is 0 Å². The molecule has 1 fully saturated rings. The molecule has 2 aromatic heterocycles. The number of aromatic nitrogens is 4. The highest BCUT2D eigenvalue weighted by Crippen LogP contribution is 2.19. The first-order chi connectivity index (χ1) is 12.7. The van der Waals surface area contributed by atoms with Crippen LogP contribution in [0, 0.1) is 0 Å². The molecular formula is C18H21N7O. The molecule has 8 nitrogen and oxygen atoms in total. The van der Waals surface area contributed by atoms with Crippen LogP contribution in [0.25, 0.3) is 10.9 Å². The molecule has 0 aliphatic carbocycles. The van der Waals surface area contributed by atoms with Crippen molar-refractivity contribution in [1.82, 2.24) is 19.5 Å². The highest BCUT2D eigenvalue weighted by molar-refractivity contribution is 5.99. The van der Waals surface area contributed by atoms with Crippen molar-refractivity contribution in [1.29, 1.82) is 0 Å². The molecule has 0 amide bonds. The molecule has 3 heterocycles. The molecule has 0 bridgehead atoms. The van der Waals surface area contributed by atoms with Crippen LogP contribution >= 0.6 is 0 Å². The van der Waals surface area contributed by atoms with Crippen LogP contribution in [-0.4, -0.2) is 38.8 Å². The SMILES string of the molecule is Cn1cc(/C=N/Nc2nc(N3CCCCC3)nc(=O)[nH]2)c2ccccc21. The Balaban J connectivity index is 1.54. The first-order valence-corrected chi connectivity index (χ1v) is 8.77. The molecule has 1 aliphatic rings. The number of anilines is 2. The molecule has 2 N–H and O–H groups in total. The van der Waals surface area contributed by atoms with Crippen LogP contribution in [0.1, 0.15) is 24.8 Å². The number of H-pyrrole nitrogens is 1. The Hall–Kier alpha value is -3.16. The van der Waals surface area contributed by atoms with E-state index in [1.165, 1.54) is 6.42 Å². The maximum absolute atomic E-state index is 11.8. The molecule has 0 atom stereocenters. The lowest BCUT2D eigenvalue weighted by molar-refractivity contribution is 0.566. The van der Waals surface area contributed by atoms with Gasteiger partial charge in [0.25, 0.3) is 0 Å². The van der Waals surface area contributed by atoms with Crippen molar-refractivity contribution in [2.75, 3.05) is 23.4 Å². The van der Waals surface area contributed by atoms with Crippen molar-refractivity contribution in [3.8, 4) is 0 Å². The molecule has 0 spiro atoms. The zero-order valence-electron chi connectivity index (χ0n) is 14.6. The van der Waals surface area contributed by atoms with Gasteiger partial charge in [0.2, 0.25) is 11.9 Å². The molecule has 3 aromatic rings. The van der Waals surface area contributed by atoms with Crippen molar-refractivity contribution in [2.24, 2.45) is 12.1 Å². The molecule has 1 aromatic carbocycles. The normalized spacial score (nSPS) is 15.0. The van der Waals surface area contributed by atoms with Gasteiger partial charge in [0.15, 0.2) is 0 Å². The summed E-state index contributed by atoms with van der Waals surface area (Å²) in [5.41, 5.74) is 4.51. The van der Waals surface area contributed by atoms with Crippen LogP contribution < -0.4 is 16.0 Å². The van der Waals surface area contributed by atoms with E-state index in [9.17, 15) is 4.79 Å². The van der Waals surface area contributed by atoms with Gasteiger partial charge in [-0.1, -0.05) is 18.2 Å². The molecule has 26 heavy (non-hydrogen) atoms. The summed E-state index contributed by atoms with van der Waals surface area (Å²) in [7, 11) is 2.00. The van der Waals surface area contributed by atoms with Crippen LogP contribution in [0.5, 0.6) is 0 Å². The lowest BCUT2D eigenvalue weighted by Gasteiger charge is -2.26. The van der Waals surface area contributed by atoms with E-state index in [2.05, 4.69) is 42.2 Å². The highest BCUT2D eigenvalue weighted by atomic mass is 16.1. The lowest BCUT2D eigenvalue weighted by Crippen LogP contribution is -2.33. The minimum atomic E-state index is -0.427. The Morgan fingerprint density at radius 2 is 2.00 bits per heavy atom. The molecule has 0 radical (unpaired) electrons. The Bertz CT molecular complexity index is 998. The third-order valence-electron chi connectivity index (χ3n) is 4.58. The maximum atomic E-state index is 11.8. The number of hydrogen-bond acceptors (Lipinski definition) is 6. The van der Waals surface area contributed by atoms with Gasteiger partial charge in [0.1, 0.15) is 0 Å². The summed E-state index contributed by atoms with van der Waals surface area (Å²) in [5, 5.41) is 5.35. The summed E-state index contributed by atoms with van der Waals surface area (Å²) in [4.78, 5) is 24.8. The van der Waals surface area contributed by atoms with Crippen molar-refractivity contribution in [3.63, 3.8) is 0 Å². The zero-order chi connectivity index (χ0) is 17.9. The zero-order valence-corrected chi connectivity index (χ0v) is 14.6. The number of aryl methyl sites for hydroxylation is 1. The van der Waals surface area contributed by atoms with Crippen molar-refractivity contribution in [3.05, 3.63) is 46.5 Å². The Morgan fingerprint density at radius 3 is 2.85 bits per heavy atom. The van der Waals surface area contributed by atoms with Crippen LogP contribution in [-0.2, 0) is 7.05 Å². The topological polar surface area (TPSA) is 91.2 Å². The minimum Gasteiger partial charge on any atom is -0.350 e. The fraction of sp³-hybridized carbons (Fsp3) is 0.333. The van der Waals surface area contributed by atoms with E-state index in [1.54, 1.807) is 6.21 Å². The quantitative estimate of drug-likeness (QED) is 0.555. The van der Waals surface area contributed by atoms with Gasteiger partial charge >= 0.3 is 5.69 Å². The Labute approximate surface area is 150 Å². The number of nitrogens with one attached hydrogen (secondary N) is 2. The van der Waals surface area contributed by atoms with Gasteiger partial charge in [-0.15, -0.1) is 0 Å². The number of hydrazone groups is 1. The molecule has 134 valence electrons. The molecule has 1 saturated heterocycles. The van der Waals surface area contributed by atoms with Gasteiger partial charge in [-0.25, -0.2) is 10.2 Å². The van der Waals surface area contributed by atoms with Gasteiger partial charge < -0.3 is 9.47 Å². The largest absolute Gasteiger partial charge is 0.351 e. The lowest BCUT2D eigenvalue weighted by atomic mass is 10.1. The summed E-state index contributed by atoms with van der Waals surface area (Å²) in [6.45, 7) is 1.75. The van der Waals surface area contributed by atoms with Gasteiger partial charge in [-0.05, 0) is 25.3 Å². The first kappa shape index (κ1) is 16.3. The number of hydrogen-bond donors (Lipinski definition) is 2. The van der Waals surface area contributed by atoms with E-state index in [4.69, 9.17) is 0 Å². The number of benzene rings is 1. The van der Waals surface area contributed by atoms with Crippen molar-refractivity contribution < 1.29 is 0 Å². The summed E-state index contributed by atoms with van der Waals surface area (Å²) < 4.78 is 2.05. The number of fused-ring (bicyclic) bond motifs is 1. The Morgan fingerprint density at radius 1 is 1.19 bits per heavy atom. The average molecular weight is 351 g/mol. The summed E-state index contributed by atoms with van der Waals surface area (Å²) in [5.74, 6) is 0.748. The fourth-order valence-electron chi connectivity index (χ4n) is 3.30. The minimum absolute atomic E-state index is 0.294. The van der Waals surface area contributed by atoms with E-state index >= 15 is 0 Å². The van der Waals surface area contributed by atoms with E-state index in [1.807, 2.05) is 30.3 Å². The molecule has 4 rings (SSSR count). The van der Waals surface area contributed by atoms with Gasteiger partial charge in [0.05, 0.1) is 6.21 Å². The van der Waals surface area contributed by atoms with Crippen molar-refractivity contribution >= 4 is 29.0 Å². The third kappa shape index (κ3) is 3.30. The van der Waals surface area contributed by atoms with E-state index in [0.717, 1.165) is 42.4 Å². The van der Waals surface area contributed by atoms with Crippen LogP contribution in [0.2, 0.25) is 0 Å². The molecule has 0 unspecified atom stereocenters. The van der Waals surface area contributed by atoms with Crippen LogP contribution in [0.3, 0.4) is 0 Å². The van der Waals surface area contributed by atoms with Gasteiger partial charge in [0, 0.05) is 42.8 Å². The van der Waals surface area contributed by atoms with Crippen LogP contribution in [0.15, 0.2) is 40.4 Å². The monoisotopic (exact) mass is 351 g/mol. The second kappa shape index (κ2) is 6.99. The number of nitrogens with zero attached hydrogens (tertiary/aromatic N) is 5. The van der Waals surface area contributed by atoms with Gasteiger partial charge in [-0.2, -0.15) is 15.1 Å². The smallest absolute Gasteiger partial charge is 0.350 e. The third-order valence-corrected chi connectivity index (χ3v) is 4.58. The maximum Gasteiger partial charge on any atom is 0.351 e.